The highest BCUT2D eigenvalue weighted by Crippen LogP contribution is 2.25. The second-order valence-electron chi connectivity index (χ2n) is 7.63. The van der Waals surface area contributed by atoms with Gasteiger partial charge in [-0.1, -0.05) is 42.5 Å². The molecule has 5 heteroatoms. The topological polar surface area (TPSA) is 69.0 Å². The van der Waals surface area contributed by atoms with Gasteiger partial charge >= 0.3 is 0 Å². The minimum atomic E-state index is -0.314. The van der Waals surface area contributed by atoms with Gasteiger partial charge in [-0.25, -0.2) is 4.98 Å². The van der Waals surface area contributed by atoms with Crippen molar-refractivity contribution in [2.45, 2.75) is 19.3 Å². The fourth-order valence-corrected chi connectivity index (χ4v) is 3.93. The van der Waals surface area contributed by atoms with Gasteiger partial charge in [0.05, 0.1) is 23.1 Å². The Morgan fingerprint density at radius 3 is 2.47 bits per heavy atom. The number of nitriles is 1. The number of amides is 1. The molecule has 4 rings (SSSR count). The summed E-state index contributed by atoms with van der Waals surface area (Å²) in [6.45, 7) is 2.00. The molecule has 1 aliphatic heterocycles. The van der Waals surface area contributed by atoms with E-state index < -0.39 is 0 Å². The first-order valence-electron chi connectivity index (χ1n) is 10.3. The highest BCUT2D eigenvalue weighted by Gasteiger charge is 2.20. The highest BCUT2D eigenvalue weighted by molar-refractivity contribution is 6.03. The lowest BCUT2D eigenvalue weighted by Gasteiger charge is -2.33. The molecule has 1 amide bonds. The van der Waals surface area contributed by atoms with Crippen LogP contribution in [0.15, 0.2) is 72.9 Å². The summed E-state index contributed by atoms with van der Waals surface area (Å²) in [6.07, 6.45) is 5.21. The summed E-state index contributed by atoms with van der Waals surface area (Å²) in [7, 11) is 0. The van der Waals surface area contributed by atoms with Crippen molar-refractivity contribution in [1.82, 2.24) is 4.98 Å². The van der Waals surface area contributed by atoms with Gasteiger partial charge in [0.2, 0.25) is 0 Å². The Bertz CT molecular complexity index is 1030. The summed E-state index contributed by atoms with van der Waals surface area (Å²) in [4.78, 5) is 19.2. The zero-order chi connectivity index (χ0) is 20.8. The van der Waals surface area contributed by atoms with Gasteiger partial charge in [0, 0.05) is 13.1 Å². The molecule has 5 nitrogen and oxygen atoms in total. The second-order valence-corrected chi connectivity index (χ2v) is 7.63. The van der Waals surface area contributed by atoms with Crippen LogP contribution < -0.4 is 10.2 Å². The Morgan fingerprint density at radius 2 is 1.77 bits per heavy atom. The highest BCUT2D eigenvalue weighted by atomic mass is 16.1. The molecule has 0 atom stereocenters. The van der Waals surface area contributed by atoms with Crippen LogP contribution in [0, 0.1) is 17.2 Å². The molecule has 1 aliphatic rings. The third-order valence-electron chi connectivity index (χ3n) is 5.62. The number of benzene rings is 2. The van der Waals surface area contributed by atoms with E-state index in [0.717, 1.165) is 38.0 Å². The molecule has 0 aliphatic carbocycles. The van der Waals surface area contributed by atoms with Crippen LogP contribution in [0.4, 0.5) is 11.4 Å². The number of anilines is 2. The second kappa shape index (κ2) is 9.23. The Kier molecular flexibility index (Phi) is 6.05. The number of nitrogens with one attached hydrogen (secondary N) is 1. The van der Waals surface area contributed by atoms with Crippen molar-refractivity contribution in [2.24, 2.45) is 5.92 Å². The van der Waals surface area contributed by atoms with E-state index >= 15 is 0 Å². The lowest BCUT2D eigenvalue weighted by molar-refractivity contribution is 0.102. The van der Waals surface area contributed by atoms with Crippen molar-refractivity contribution in [3.05, 3.63) is 89.7 Å². The van der Waals surface area contributed by atoms with Gasteiger partial charge in [-0.15, -0.1) is 0 Å². The number of aromatic nitrogens is 1. The molecule has 2 heterocycles. The molecule has 0 unspecified atom stereocenters. The van der Waals surface area contributed by atoms with Crippen molar-refractivity contribution < 1.29 is 4.79 Å². The molecule has 3 aromatic rings. The van der Waals surface area contributed by atoms with Gasteiger partial charge in [0.25, 0.3) is 5.91 Å². The summed E-state index contributed by atoms with van der Waals surface area (Å²) < 4.78 is 0. The van der Waals surface area contributed by atoms with Gasteiger partial charge < -0.3 is 10.2 Å². The zero-order valence-corrected chi connectivity index (χ0v) is 16.8. The fraction of sp³-hybridized carbons (Fsp3) is 0.240. The maximum Gasteiger partial charge on any atom is 0.274 e. The Hall–Kier alpha value is -3.65. The van der Waals surface area contributed by atoms with Gasteiger partial charge in [0.1, 0.15) is 11.8 Å². The van der Waals surface area contributed by atoms with Gasteiger partial charge in [-0.05, 0) is 55.0 Å². The first kappa shape index (κ1) is 19.7. The average Bonchev–Trinajstić information content (AvgIpc) is 2.81. The number of carbonyl (C=O) groups is 1. The van der Waals surface area contributed by atoms with Crippen LogP contribution in [-0.2, 0) is 6.42 Å². The van der Waals surface area contributed by atoms with E-state index in [-0.39, 0.29) is 5.91 Å². The number of para-hydroxylation sites is 1. The molecule has 0 saturated carbocycles. The minimum Gasteiger partial charge on any atom is -0.370 e. The molecule has 1 aromatic heterocycles. The lowest BCUT2D eigenvalue weighted by Crippen LogP contribution is -2.34. The molecule has 1 saturated heterocycles. The van der Waals surface area contributed by atoms with Crippen LogP contribution in [0.3, 0.4) is 0 Å². The zero-order valence-electron chi connectivity index (χ0n) is 16.8. The minimum absolute atomic E-state index is 0.314. The van der Waals surface area contributed by atoms with Crippen LogP contribution in [0.5, 0.6) is 0 Å². The maximum absolute atomic E-state index is 12.5. The summed E-state index contributed by atoms with van der Waals surface area (Å²) in [6, 6.07) is 23.4. The number of rotatable bonds is 5. The van der Waals surface area contributed by atoms with Crippen molar-refractivity contribution in [3.8, 4) is 6.07 Å². The molecule has 1 N–H and O–H groups in total. The molecule has 0 spiro atoms. The third-order valence-corrected chi connectivity index (χ3v) is 5.62. The molecule has 150 valence electrons. The van der Waals surface area contributed by atoms with Crippen LogP contribution in [0.1, 0.15) is 34.5 Å². The van der Waals surface area contributed by atoms with Crippen LogP contribution in [0.2, 0.25) is 0 Å². The van der Waals surface area contributed by atoms with Crippen molar-refractivity contribution in [1.29, 1.82) is 5.26 Å². The Labute approximate surface area is 177 Å². The van der Waals surface area contributed by atoms with Gasteiger partial charge in [0.15, 0.2) is 0 Å². The van der Waals surface area contributed by atoms with Crippen molar-refractivity contribution in [3.63, 3.8) is 0 Å². The SMILES string of the molecule is N#Cc1ccccc1NC(=O)c1ccc(N2CCC(Cc3ccccc3)CC2)cn1. The smallest absolute Gasteiger partial charge is 0.274 e. The number of carbonyl (C=O) groups excluding carboxylic acids is 1. The molecule has 30 heavy (non-hydrogen) atoms. The summed E-state index contributed by atoms with van der Waals surface area (Å²) in [5.41, 5.74) is 3.72. The lowest BCUT2D eigenvalue weighted by atomic mass is 9.90. The van der Waals surface area contributed by atoms with E-state index in [1.807, 2.05) is 6.07 Å². The monoisotopic (exact) mass is 396 g/mol. The molecular weight excluding hydrogens is 372 g/mol. The van der Waals surface area contributed by atoms with E-state index in [9.17, 15) is 4.79 Å². The number of hydrogen-bond donors (Lipinski definition) is 1. The molecule has 1 fully saturated rings. The summed E-state index contributed by atoms with van der Waals surface area (Å²) in [5.74, 6) is 0.396. The Morgan fingerprint density at radius 1 is 1.03 bits per heavy atom. The first-order valence-corrected chi connectivity index (χ1v) is 10.3. The molecular formula is C25H24N4O. The maximum atomic E-state index is 12.5. The van der Waals surface area contributed by atoms with Crippen LogP contribution in [-0.4, -0.2) is 24.0 Å². The molecule has 2 aromatic carbocycles. The van der Waals surface area contributed by atoms with E-state index in [0.29, 0.717) is 22.9 Å². The van der Waals surface area contributed by atoms with Crippen LogP contribution >= 0.6 is 0 Å². The molecule has 0 bridgehead atoms. The predicted octanol–water partition coefficient (Wildman–Crippen LogP) is 4.66. The summed E-state index contributed by atoms with van der Waals surface area (Å²) in [5, 5.41) is 11.9. The van der Waals surface area contributed by atoms with Gasteiger partial charge in [-0.2, -0.15) is 5.26 Å². The molecule has 0 radical (unpaired) electrons. The average molecular weight is 396 g/mol. The summed E-state index contributed by atoms with van der Waals surface area (Å²) >= 11 is 0. The van der Waals surface area contributed by atoms with E-state index in [1.54, 1.807) is 36.5 Å². The fourth-order valence-electron chi connectivity index (χ4n) is 3.93. The quantitative estimate of drug-likeness (QED) is 0.681. The number of piperidine rings is 1. The van der Waals surface area contributed by atoms with Crippen molar-refractivity contribution >= 4 is 17.3 Å². The van der Waals surface area contributed by atoms with Gasteiger partial charge in [-0.3, -0.25) is 4.79 Å². The first-order chi connectivity index (χ1) is 14.7. The standard InChI is InChI=1S/C25H24N4O/c26-17-21-8-4-5-9-23(21)28-25(30)24-11-10-22(18-27-24)29-14-12-20(13-15-29)16-19-6-2-1-3-7-19/h1-11,18,20H,12-16H2,(H,28,30). The van der Waals surface area contributed by atoms with E-state index in [4.69, 9.17) is 5.26 Å². The number of hydrogen-bond acceptors (Lipinski definition) is 4. The predicted molar refractivity (Wildman–Crippen MR) is 118 cm³/mol. The number of pyridine rings is 1. The van der Waals surface area contributed by atoms with E-state index in [2.05, 4.69) is 51.6 Å². The van der Waals surface area contributed by atoms with E-state index in [1.165, 1.54) is 5.56 Å². The number of nitrogens with zero attached hydrogens (tertiary/aromatic N) is 3. The normalized spacial score (nSPS) is 14.2. The van der Waals surface area contributed by atoms with Crippen molar-refractivity contribution in [2.75, 3.05) is 23.3 Å². The third kappa shape index (κ3) is 4.66. The Balaban J connectivity index is 1.34. The van der Waals surface area contributed by atoms with Crippen LogP contribution in [0.25, 0.3) is 0 Å². The largest absolute Gasteiger partial charge is 0.370 e.